The van der Waals surface area contributed by atoms with Crippen LogP contribution in [-0.2, 0) is 0 Å². The van der Waals surface area contributed by atoms with Gasteiger partial charge >= 0.3 is 0 Å². The summed E-state index contributed by atoms with van der Waals surface area (Å²) >= 11 is 1.48. The molecule has 0 bridgehead atoms. The molecule has 2 heterocycles. The summed E-state index contributed by atoms with van der Waals surface area (Å²) in [4.78, 5) is 31.0. The fourth-order valence-electron chi connectivity index (χ4n) is 2.88. The lowest BCUT2D eigenvalue weighted by atomic mass is 10.0. The maximum Gasteiger partial charge on any atom is 0.273 e. The summed E-state index contributed by atoms with van der Waals surface area (Å²) in [6.45, 7) is 2.60. The number of carbonyl (C=O) groups excluding carboxylic acids is 2. The van der Waals surface area contributed by atoms with E-state index >= 15 is 0 Å². The summed E-state index contributed by atoms with van der Waals surface area (Å²) in [5.74, 6) is 0.0486. The van der Waals surface area contributed by atoms with E-state index < -0.39 is 0 Å². The van der Waals surface area contributed by atoms with E-state index in [1.807, 2.05) is 42.2 Å². The van der Waals surface area contributed by atoms with E-state index in [1.165, 1.54) is 11.3 Å². The Labute approximate surface area is 133 Å². The number of hydrogen-bond donors (Lipinski definition) is 0. The molecule has 0 N–H and O–H groups in total. The molecule has 0 unspecified atom stereocenters. The summed E-state index contributed by atoms with van der Waals surface area (Å²) in [5.41, 5.74) is 1.22. The molecule has 4 nitrogen and oxygen atoms in total. The first-order valence-corrected chi connectivity index (χ1v) is 8.34. The molecule has 0 aliphatic carbocycles. The molecule has 3 rings (SSSR count). The summed E-state index contributed by atoms with van der Waals surface area (Å²) in [7, 11) is 0. The predicted octanol–water partition coefficient (Wildman–Crippen LogP) is 3.33. The number of aryl methyl sites for hydroxylation is 1. The molecule has 1 aliphatic heterocycles. The topological polar surface area (TPSA) is 50.3 Å². The van der Waals surface area contributed by atoms with E-state index in [-0.39, 0.29) is 17.7 Å². The van der Waals surface area contributed by atoms with Gasteiger partial charge in [-0.25, -0.2) is 4.98 Å². The van der Waals surface area contributed by atoms with Gasteiger partial charge in [-0.2, -0.15) is 0 Å². The molecule has 22 heavy (non-hydrogen) atoms. The van der Waals surface area contributed by atoms with Crippen LogP contribution >= 0.6 is 11.3 Å². The summed E-state index contributed by atoms with van der Waals surface area (Å²) in [6.07, 6.45) is 2.22. The molecule has 1 aromatic heterocycles. The van der Waals surface area contributed by atoms with Crippen molar-refractivity contribution in [3.63, 3.8) is 0 Å². The molecule has 1 aromatic carbocycles. The second-order valence-corrected chi connectivity index (χ2v) is 6.60. The van der Waals surface area contributed by atoms with Crippen molar-refractivity contribution < 1.29 is 9.59 Å². The highest BCUT2D eigenvalue weighted by Gasteiger charge is 2.32. The summed E-state index contributed by atoms with van der Waals surface area (Å²) in [6, 6.07) is 9.26. The number of ketones is 1. The minimum Gasteiger partial charge on any atom is -0.334 e. The highest BCUT2D eigenvalue weighted by Crippen LogP contribution is 2.24. The van der Waals surface area contributed by atoms with E-state index in [4.69, 9.17) is 0 Å². The third-order valence-corrected chi connectivity index (χ3v) is 4.77. The van der Waals surface area contributed by atoms with Gasteiger partial charge < -0.3 is 4.90 Å². The Kier molecular flexibility index (Phi) is 4.34. The van der Waals surface area contributed by atoms with Crippen molar-refractivity contribution in [2.75, 3.05) is 6.54 Å². The first-order valence-electron chi connectivity index (χ1n) is 7.46. The van der Waals surface area contributed by atoms with Crippen LogP contribution in [0, 0.1) is 6.92 Å². The number of nitrogens with zero attached hydrogens (tertiary/aromatic N) is 2. The standard InChI is InChI=1S/C17H18N2O2S/c1-12-18-15(11-22-12)17(21)19-9-5-8-14(19)10-16(20)13-6-3-2-4-7-13/h2-4,6-7,11,14H,5,8-10H2,1H3/t14-/m1/s1. The number of rotatable bonds is 4. The average molecular weight is 314 g/mol. The molecule has 1 amide bonds. The molecule has 2 aromatic rings. The molecule has 0 radical (unpaired) electrons. The van der Waals surface area contributed by atoms with Crippen molar-refractivity contribution in [2.24, 2.45) is 0 Å². The maximum absolute atomic E-state index is 12.5. The van der Waals surface area contributed by atoms with Gasteiger partial charge in [-0.1, -0.05) is 30.3 Å². The molecule has 1 aliphatic rings. The molecule has 1 saturated heterocycles. The lowest BCUT2D eigenvalue weighted by Gasteiger charge is -2.23. The number of carbonyl (C=O) groups is 2. The Balaban J connectivity index is 1.71. The van der Waals surface area contributed by atoms with Crippen LogP contribution in [0.4, 0.5) is 0 Å². The van der Waals surface area contributed by atoms with Crippen molar-refractivity contribution in [3.8, 4) is 0 Å². The van der Waals surface area contributed by atoms with Gasteiger partial charge in [0.05, 0.1) is 5.01 Å². The zero-order chi connectivity index (χ0) is 15.5. The number of thiazole rings is 1. The van der Waals surface area contributed by atoms with E-state index in [0.717, 1.165) is 17.8 Å². The third-order valence-electron chi connectivity index (χ3n) is 3.99. The van der Waals surface area contributed by atoms with Crippen molar-refractivity contribution in [3.05, 3.63) is 52.0 Å². The number of hydrogen-bond acceptors (Lipinski definition) is 4. The van der Waals surface area contributed by atoms with Crippen LogP contribution in [0.2, 0.25) is 0 Å². The molecular weight excluding hydrogens is 296 g/mol. The van der Waals surface area contributed by atoms with E-state index in [2.05, 4.69) is 4.98 Å². The second kappa shape index (κ2) is 6.40. The van der Waals surface area contributed by atoms with Crippen LogP contribution in [0.15, 0.2) is 35.7 Å². The monoisotopic (exact) mass is 314 g/mol. The van der Waals surface area contributed by atoms with E-state index in [1.54, 1.807) is 5.38 Å². The van der Waals surface area contributed by atoms with Gasteiger partial charge in [0.2, 0.25) is 0 Å². The molecular formula is C17H18N2O2S. The number of aromatic nitrogens is 1. The predicted molar refractivity (Wildman–Crippen MR) is 86.3 cm³/mol. The van der Waals surface area contributed by atoms with Gasteiger partial charge in [-0.3, -0.25) is 9.59 Å². The van der Waals surface area contributed by atoms with Crippen LogP contribution in [0.1, 0.15) is 45.1 Å². The Morgan fingerprint density at radius 3 is 2.77 bits per heavy atom. The largest absolute Gasteiger partial charge is 0.334 e. The quantitative estimate of drug-likeness (QED) is 0.813. The molecule has 1 fully saturated rings. The molecule has 5 heteroatoms. The summed E-state index contributed by atoms with van der Waals surface area (Å²) < 4.78 is 0. The first kappa shape index (κ1) is 14.9. The number of Topliss-reactive ketones (excluding diaryl/α,β-unsaturated/α-hetero) is 1. The van der Waals surface area contributed by atoms with Crippen molar-refractivity contribution in [1.29, 1.82) is 0 Å². The normalized spacial score (nSPS) is 17.7. The molecule has 0 saturated carbocycles. The Bertz CT molecular complexity index is 681. The highest BCUT2D eigenvalue weighted by molar-refractivity contribution is 7.09. The smallest absolute Gasteiger partial charge is 0.273 e. The van der Waals surface area contributed by atoms with Crippen molar-refractivity contribution in [1.82, 2.24) is 9.88 Å². The van der Waals surface area contributed by atoms with Crippen molar-refractivity contribution in [2.45, 2.75) is 32.2 Å². The lowest BCUT2D eigenvalue weighted by Crippen LogP contribution is -2.37. The van der Waals surface area contributed by atoms with Gasteiger partial charge in [0.1, 0.15) is 5.69 Å². The van der Waals surface area contributed by atoms with Crippen LogP contribution in [0.5, 0.6) is 0 Å². The average Bonchev–Trinajstić information content (AvgIpc) is 3.16. The van der Waals surface area contributed by atoms with Gasteiger partial charge in [-0.15, -0.1) is 11.3 Å². The fraction of sp³-hybridized carbons (Fsp3) is 0.353. The van der Waals surface area contributed by atoms with E-state index in [9.17, 15) is 9.59 Å². The minimum atomic E-state index is -0.0484. The molecule has 114 valence electrons. The zero-order valence-electron chi connectivity index (χ0n) is 12.5. The maximum atomic E-state index is 12.5. The Morgan fingerprint density at radius 1 is 1.32 bits per heavy atom. The highest BCUT2D eigenvalue weighted by atomic mass is 32.1. The van der Waals surface area contributed by atoms with Gasteiger partial charge in [-0.05, 0) is 19.8 Å². The lowest BCUT2D eigenvalue weighted by molar-refractivity contribution is 0.0712. The van der Waals surface area contributed by atoms with Gasteiger partial charge in [0, 0.05) is 30.0 Å². The van der Waals surface area contributed by atoms with Crippen LogP contribution in [0.3, 0.4) is 0 Å². The molecule has 1 atom stereocenters. The zero-order valence-corrected chi connectivity index (χ0v) is 13.3. The minimum absolute atomic E-state index is 0.0118. The number of amides is 1. The van der Waals surface area contributed by atoms with Crippen LogP contribution < -0.4 is 0 Å². The van der Waals surface area contributed by atoms with Gasteiger partial charge in [0.15, 0.2) is 5.78 Å². The summed E-state index contributed by atoms with van der Waals surface area (Å²) in [5, 5.41) is 2.69. The van der Waals surface area contributed by atoms with Crippen LogP contribution in [0.25, 0.3) is 0 Å². The van der Waals surface area contributed by atoms with Crippen LogP contribution in [-0.4, -0.2) is 34.2 Å². The van der Waals surface area contributed by atoms with Gasteiger partial charge in [0.25, 0.3) is 5.91 Å². The second-order valence-electron chi connectivity index (χ2n) is 5.54. The fourth-order valence-corrected chi connectivity index (χ4v) is 3.47. The number of benzene rings is 1. The molecule has 0 spiro atoms. The Hall–Kier alpha value is -2.01. The first-order chi connectivity index (χ1) is 10.6. The number of likely N-dealkylation sites (tertiary alicyclic amines) is 1. The third kappa shape index (κ3) is 3.09. The van der Waals surface area contributed by atoms with E-state index in [0.29, 0.717) is 24.2 Å². The SMILES string of the molecule is Cc1nc(C(=O)N2CCC[C@@H]2CC(=O)c2ccccc2)cs1. The van der Waals surface area contributed by atoms with Crippen molar-refractivity contribution >= 4 is 23.0 Å². The Morgan fingerprint density at radius 2 is 2.09 bits per heavy atom.